The summed E-state index contributed by atoms with van der Waals surface area (Å²) in [7, 11) is 4.08. The monoisotopic (exact) mass is 359 g/mol. The van der Waals surface area contributed by atoms with Crippen LogP contribution in [0.4, 0.5) is 16.2 Å². The topological polar surface area (TPSA) is 44.8 Å². The molecule has 1 aromatic carbocycles. The van der Waals surface area contributed by atoms with E-state index in [-0.39, 0.29) is 12.1 Å². The molecule has 2 fully saturated rings. The van der Waals surface area contributed by atoms with E-state index in [2.05, 4.69) is 36.2 Å². The number of nitrogens with zero attached hydrogens (tertiary/aromatic N) is 2. The Morgan fingerprint density at radius 1 is 1.12 bits per heavy atom. The first-order valence-electron chi connectivity index (χ1n) is 9.93. The van der Waals surface area contributed by atoms with Gasteiger partial charge in [0.15, 0.2) is 0 Å². The molecule has 0 unspecified atom stereocenters. The zero-order valence-electron chi connectivity index (χ0n) is 16.7. The average molecular weight is 360 g/mol. The summed E-state index contributed by atoms with van der Waals surface area (Å²) in [5, 5.41) is 3.21. The number of hydrogen-bond acceptors (Lipinski definition) is 3. The van der Waals surface area contributed by atoms with Crippen molar-refractivity contribution < 1.29 is 9.53 Å². The SMILES string of the molecule is Cc1cc(N(C)C)cc(C)c1NC(=O)N(C[C@H]1CCCO1)C1CCCC1. The van der Waals surface area contributed by atoms with Crippen LogP contribution in [0.15, 0.2) is 12.1 Å². The van der Waals surface area contributed by atoms with Gasteiger partial charge in [-0.15, -0.1) is 0 Å². The Balaban J connectivity index is 1.76. The number of benzene rings is 1. The quantitative estimate of drug-likeness (QED) is 0.851. The molecule has 1 aromatic rings. The third kappa shape index (κ3) is 4.32. The van der Waals surface area contributed by atoms with Crippen LogP contribution < -0.4 is 10.2 Å². The predicted molar refractivity (Wildman–Crippen MR) is 107 cm³/mol. The molecule has 144 valence electrons. The van der Waals surface area contributed by atoms with Crippen LogP contribution in [-0.4, -0.2) is 50.3 Å². The minimum absolute atomic E-state index is 0.0243. The number of ether oxygens (including phenoxy) is 1. The summed E-state index contributed by atoms with van der Waals surface area (Å²) >= 11 is 0. The highest BCUT2D eigenvalue weighted by Gasteiger charge is 2.30. The van der Waals surface area contributed by atoms with E-state index in [0.29, 0.717) is 12.6 Å². The molecule has 0 spiro atoms. The van der Waals surface area contributed by atoms with Crippen molar-refractivity contribution in [3.63, 3.8) is 0 Å². The smallest absolute Gasteiger partial charge is 0.322 e. The number of amides is 2. The lowest BCUT2D eigenvalue weighted by Crippen LogP contribution is -2.45. The van der Waals surface area contributed by atoms with Crippen molar-refractivity contribution in [2.24, 2.45) is 0 Å². The normalized spacial score (nSPS) is 20.4. The summed E-state index contributed by atoms with van der Waals surface area (Å²) in [6, 6.07) is 4.63. The number of rotatable bonds is 5. The molecule has 1 heterocycles. The molecular weight excluding hydrogens is 326 g/mol. The summed E-state index contributed by atoms with van der Waals surface area (Å²) in [6.45, 7) is 5.67. The van der Waals surface area contributed by atoms with E-state index in [0.717, 1.165) is 54.8 Å². The third-order valence-electron chi connectivity index (χ3n) is 5.72. The minimum Gasteiger partial charge on any atom is -0.378 e. The molecule has 1 saturated carbocycles. The lowest BCUT2D eigenvalue weighted by molar-refractivity contribution is 0.0729. The first kappa shape index (κ1) is 19.0. The summed E-state index contributed by atoms with van der Waals surface area (Å²) in [5.41, 5.74) is 4.30. The van der Waals surface area contributed by atoms with Gasteiger partial charge in [-0.3, -0.25) is 0 Å². The maximum atomic E-state index is 13.2. The van der Waals surface area contributed by atoms with Crippen LogP contribution in [0.1, 0.15) is 49.7 Å². The lowest BCUT2D eigenvalue weighted by atomic mass is 10.1. The van der Waals surface area contributed by atoms with Crippen LogP contribution in [0.2, 0.25) is 0 Å². The maximum Gasteiger partial charge on any atom is 0.322 e. The molecule has 2 amide bonds. The second kappa shape index (κ2) is 8.30. The fourth-order valence-corrected chi connectivity index (χ4v) is 4.20. The van der Waals surface area contributed by atoms with Gasteiger partial charge in [-0.2, -0.15) is 0 Å². The van der Waals surface area contributed by atoms with Crippen LogP contribution in [0.5, 0.6) is 0 Å². The predicted octanol–water partition coefficient (Wildman–Crippen LogP) is 4.32. The first-order valence-corrected chi connectivity index (χ1v) is 9.93. The van der Waals surface area contributed by atoms with Gasteiger partial charge >= 0.3 is 6.03 Å². The highest BCUT2D eigenvalue weighted by atomic mass is 16.5. The molecule has 1 aliphatic carbocycles. The molecule has 1 saturated heterocycles. The van der Waals surface area contributed by atoms with Crippen molar-refractivity contribution in [3.05, 3.63) is 23.3 Å². The molecule has 3 rings (SSSR count). The first-order chi connectivity index (χ1) is 12.5. The van der Waals surface area contributed by atoms with E-state index in [1.165, 1.54) is 12.8 Å². The number of aryl methyl sites for hydroxylation is 2. The standard InChI is InChI=1S/C21H33N3O2/c1-15-12-18(23(3)4)13-16(2)20(15)22-21(25)24(17-8-5-6-9-17)14-19-10-7-11-26-19/h12-13,17,19H,5-11,14H2,1-4H3,(H,22,25)/t19-/m1/s1. The number of anilines is 2. The summed E-state index contributed by atoms with van der Waals surface area (Å²) < 4.78 is 5.81. The van der Waals surface area contributed by atoms with E-state index in [1.807, 2.05) is 19.0 Å². The van der Waals surface area contributed by atoms with Gasteiger partial charge < -0.3 is 19.9 Å². The molecule has 5 heteroatoms. The summed E-state index contributed by atoms with van der Waals surface area (Å²) in [4.78, 5) is 17.3. The van der Waals surface area contributed by atoms with E-state index in [9.17, 15) is 4.79 Å². The summed E-state index contributed by atoms with van der Waals surface area (Å²) in [5.74, 6) is 0. The lowest BCUT2D eigenvalue weighted by Gasteiger charge is -2.31. The van der Waals surface area contributed by atoms with Gasteiger partial charge in [0.2, 0.25) is 0 Å². The van der Waals surface area contributed by atoms with Gasteiger partial charge in [0.25, 0.3) is 0 Å². The molecule has 0 aromatic heterocycles. The van der Waals surface area contributed by atoms with Crippen molar-refractivity contribution in [2.75, 3.05) is 37.5 Å². The van der Waals surface area contributed by atoms with E-state index >= 15 is 0 Å². The van der Waals surface area contributed by atoms with Crippen molar-refractivity contribution in [1.29, 1.82) is 0 Å². The van der Waals surface area contributed by atoms with Crippen LogP contribution in [0.3, 0.4) is 0 Å². The van der Waals surface area contributed by atoms with Crippen LogP contribution >= 0.6 is 0 Å². The molecular formula is C21H33N3O2. The Labute approximate surface area is 157 Å². The zero-order valence-corrected chi connectivity index (χ0v) is 16.7. The third-order valence-corrected chi connectivity index (χ3v) is 5.72. The van der Waals surface area contributed by atoms with Gasteiger partial charge in [0, 0.05) is 44.7 Å². The Kier molecular flexibility index (Phi) is 6.07. The molecule has 5 nitrogen and oxygen atoms in total. The van der Waals surface area contributed by atoms with Crippen molar-refractivity contribution in [3.8, 4) is 0 Å². The fraction of sp³-hybridized carbons (Fsp3) is 0.667. The van der Waals surface area contributed by atoms with E-state index in [1.54, 1.807) is 0 Å². The Morgan fingerprint density at radius 3 is 2.31 bits per heavy atom. The number of hydrogen-bond donors (Lipinski definition) is 1. The van der Waals surface area contributed by atoms with Gasteiger partial charge in [-0.1, -0.05) is 12.8 Å². The highest BCUT2D eigenvalue weighted by Crippen LogP contribution is 2.29. The molecule has 1 aliphatic heterocycles. The molecule has 1 N–H and O–H groups in total. The molecule has 26 heavy (non-hydrogen) atoms. The van der Waals surface area contributed by atoms with Gasteiger partial charge in [-0.25, -0.2) is 4.79 Å². The van der Waals surface area contributed by atoms with Crippen LogP contribution in [0.25, 0.3) is 0 Å². The summed E-state index contributed by atoms with van der Waals surface area (Å²) in [6.07, 6.45) is 7.02. The molecule has 1 atom stereocenters. The van der Waals surface area contributed by atoms with Crippen molar-refractivity contribution in [1.82, 2.24) is 4.90 Å². The highest BCUT2D eigenvalue weighted by molar-refractivity contribution is 5.91. The van der Waals surface area contributed by atoms with Gasteiger partial charge in [0.05, 0.1) is 6.10 Å². The minimum atomic E-state index is 0.0243. The van der Waals surface area contributed by atoms with E-state index in [4.69, 9.17) is 4.74 Å². The number of carbonyl (C=O) groups excluding carboxylic acids is 1. The number of carbonyl (C=O) groups is 1. The maximum absolute atomic E-state index is 13.2. The molecule has 0 bridgehead atoms. The van der Waals surface area contributed by atoms with Crippen LogP contribution in [0, 0.1) is 13.8 Å². The molecule has 2 aliphatic rings. The molecule has 0 radical (unpaired) electrons. The fourth-order valence-electron chi connectivity index (χ4n) is 4.20. The van der Waals surface area contributed by atoms with Crippen molar-refractivity contribution >= 4 is 17.4 Å². The van der Waals surface area contributed by atoms with Crippen LogP contribution in [-0.2, 0) is 4.74 Å². The Hall–Kier alpha value is -1.75. The largest absolute Gasteiger partial charge is 0.378 e. The van der Waals surface area contributed by atoms with Gasteiger partial charge in [-0.05, 0) is 62.8 Å². The Morgan fingerprint density at radius 2 is 1.77 bits per heavy atom. The zero-order chi connectivity index (χ0) is 18.7. The average Bonchev–Trinajstić information content (AvgIpc) is 3.28. The number of urea groups is 1. The number of nitrogens with one attached hydrogen (secondary N) is 1. The Bertz CT molecular complexity index is 609. The van der Waals surface area contributed by atoms with Crippen molar-refractivity contribution in [2.45, 2.75) is 64.5 Å². The van der Waals surface area contributed by atoms with Gasteiger partial charge in [0.1, 0.15) is 0 Å². The van der Waals surface area contributed by atoms with E-state index < -0.39 is 0 Å². The second-order valence-electron chi connectivity index (χ2n) is 8.00. The second-order valence-corrected chi connectivity index (χ2v) is 8.00.